The second-order valence-electron chi connectivity index (χ2n) is 1.59. The van der Waals surface area contributed by atoms with E-state index in [1.807, 2.05) is 0 Å². The summed E-state index contributed by atoms with van der Waals surface area (Å²) in [6.45, 7) is 0. The summed E-state index contributed by atoms with van der Waals surface area (Å²) in [4.78, 5) is 10.4. The van der Waals surface area contributed by atoms with E-state index >= 15 is 0 Å². The van der Waals surface area contributed by atoms with E-state index in [4.69, 9.17) is 0 Å². The number of carbonyl (C=O) groups excluding carboxylic acids is 1. The molecule has 0 saturated carbocycles. The smallest absolute Gasteiger partial charge is 0.305 e. The van der Waals surface area contributed by atoms with E-state index in [9.17, 15) is 4.79 Å². The SMILES string of the molecule is COC(=O)CCCS[NH3+]. The monoisotopic (exact) mass is 150 g/mol. The number of methoxy groups -OCH3 is 1. The maximum absolute atomic E-state index is 10.4. The fourth-order valence-electron chi connectivity index (χ4n) is 0.421. The Hall–Kier alpha value is -0.220. The van der Waals surface area contributed by atoms with Crippen molar-refractivity contribution in [1.29, 1.82) is 0 Å². The third-order valence-corrected chi connectivity index (χ3v) is 1.47. The second-order valence-corrected chi connectivity index (χ2v) is 2.40. The Morgan fingerprint density at radius 2 is 2.44 bits per heavy atom. The number of quaternary nitrogens is 1. The minimum Gasteiger partial charge on any atom is -0.469 e. The maximum atomic E-state index is 10.4. The lowest BCUT2D eigenvalue weighted by Gasteiger charge is -1.94. The third-order valence-electron chi connectivity index (χ3n) is 0.897. The third kappa shape index (κ3) is 5.65. The first-order chi connectivity index (χ1) is 4.31. The zero-order chi connectivity index (χ0) is 7.11. The number of hydrogen-bond acceptors (Lipinski definition) is 3. The summed E-state index contributed by atoms with van der Waals surface area (Å²) in [5.74, 6) is 0.791. The highest BCUT2D eigenvalue weighted by Crippen LogP contribution is 1.95. The first kappa shape index (κ1) is 8.78. The van der Waals surface area contributed by atoms with Crippen molar-refractivity contribution in [3.8, 4) is 0 Å². The zero-order valence-corrected chi connectivity index (χ0v) is 6.37. The van der Waals surface area contributed by atoms with Crippen LogP contribution in [0.15, 0.2) is 0 Å². The van der Waals surface area contributed by atoms with Gasteiger partial charge in [-0.1, -0.05) is 0 Å². The Labute approximate surface area is 59.1 Å². The van der Waals surface area contributed by atoms with Gasteiger partial charge in [0.1, 0.15) is 0 Å². The standard InChI is InChI=1S/C5H11NO2S/c1-8-5(7)3-2-4-9-6/h2-4,6H2,1H3/p+1. The van der Waals surface area contributed by atoms with Crippen LogP contribution in [-0.4, -0.2) is 18.8 Å². The van der Waals surface area contributed by atoms with Crippen LogP contribution >= 0.6 is 11.9 Å². The van der Waals surface area contributed by atoms with Crippen molar-refractivity contribution >= 4 is 17.9 Å². The van der Waals surface area contributed by atoms with Gasteiger partial charge in [0, 0.05) is 12.2 Å². The molecule has 0 spiro atoms. The van der Waals surface area contributed by atoms with Gasteiger partial charge < -0.3 is 4.74 Å². The molecule has 3 N–H and O–H groups in total. The first-order valence-corrected chi connectivity index (χ1v) is 3.90. The molecule has 0 radical (unpaired) electrons. The van der Waals surface area contributed by atoms with Gasteiger partial charge in [-0.05, 0) is 6.42 Å². The normalized spacial score (nSPS) is 9.11. The first-order valence-electron chi connectivity index (χ1n) is 2.75. The largest absolute Gasteiger partial charge is 0.469 e. The van der Waals surface area contributed by atoms with Crippen LogP contribution in [0.2, 0.25) is 0 Å². The molecular formula is C5H12NO2S+. The molecule has 0 fully saturated rings. The molecule has 0 aliphatic rings. The molecule has 9 heavy (non-hydrogen) atoms. The lowest BCUT2D eigenvalue weighted by Crippen LogP contribution is -2.37. The van der Waals surface area contributed by atoms with Crippen LogP contribution in [0, 0.1) is 0 Å². The molecule has 0 aromatic rings. The minimum atomic E-state index is -0.135. The maximum Gasteiger partial charge on any atom is 0.305 e. The van der Waals surface area contributed by atoms with Gasteiger partial charge in [0.15, 0.2) is 0 Å². The molecule has 0 saturated heterocycles. The molecule has 4 heteroatoms. The van der Waals surface area contributed by atoms with E-state index in [-0.39, 0.29) is 5.97 Å². The Morgan fingerprint density at radius 1 is 1.78 bits per heavy atom. The molecule has 0 heterocycles. The van der Waals surface area contributed by atoms with Gasteiger partial charge >= 0.3 is 5.97 Å². The lowest BCUT2D eigenvalue weighted by molar-refractivity contribution is -0.140. The Kier molecular flexibility index (Phi) is 5.76. The second kappa shape index (κ2) is 5.91. The quantitative estimate of drug-likeness (QED) is 0.344. The van der Waals surface area contributed by atoms with E-state index in [0.717, 1.165) is 12.2 Å². The number of hydrogen-bond donors (Lipinski definition) is 1. The molecule has 0 atom stereocenters. The topological polar surface area (TPSA) is 53.9 Å². The molecule has 0 aliphatic carbocycles. The summed E-state index contributed by atoms with van der Waals surface area (Å²) in [5.41, 5.74) is 0. The van der Waals surface area contributed by atoms with Gasteiger partial charge in [-0.3, -0.25) is 9.93 Å². The summed E-state index contributed by atoms with van der Waals surface area (Å²) >= 11 is 1.50. The molecule has 0 aromatic heterocycles. The van der Waals surface area contributed by atoms with E-state index < -0.39 is 0 Å². The van der Waals surface area contributed by atoms with Crippen LogP contribution in [0.4, 0.5) is 0 Å². The van der Waals surface area contributed by atoms with Crippen LogP contribution in [0.25, 0.3) is 0 Å². The molecule has 0 amide bonds. The van der Waals surface area contributed by atoms with Crippen molar-refractivity contribution in [3.63, 3.8) is 0 Å². The van der Waals surface area contributed by atoms with Gasteiger partial charge in [0.05, 0.1) is 19.1 Å². The molecule has 0 aliphatic heterocycles. The van der Waals surface area contributed by atoms with Gasteiger partial charge in [0.25, 0.3) is 0 Å². The summed E-state index contributed by atoms with van der Waals surface area (Å²) in [6, 6.07) is 0. The van der Waals surface area contributed by atoms with E-state index in [1.54, 1.807) is 0 Å². The predicted octanol–water partition coefficient (Wildman–Crippen LogP) is -0.170. The Balaban J connectivity index is 2.97. The average Bonchev–Trinajstić information content (AvgIpc) is 1.89. The zero-order valence-electron chi connectivity index (χ0n) is 5.55. The number of ether oxygens (including phenoxy) is 1. The average molecular weight is 150 g/mol. The van der Waals surface area contributed by atoms with Crippen molar-refractivity contribution in [1.82, 2.24) is 0 Å². The van der Waals surface area contributed by atoms with Crippen LogP contribution in [0.3, 0.4) is 0 Å². The van der Waals surface area contributed by atoms with Crippen molar-refractivity contribution in [2.24, 2.45) is 0 Å². The number of esters is 1. The molecule has 0 aromatic carbocycles. The molecular weight excluding hydrogens is 138 g/mol. The van der Waals surface area contributed by atoms with Crippen molar-refractivity contribution in [2.45, 2.75) is 12.8 Å². The van der Waals surface area contributed by atoms with Gasteiger partial charge in [-0.2, -0.15) is 0 Å². The van der Waals surface area contributed by atoms with Crippen molar-refractivity contribution < 1.29 is 14.7 Å². The molecule has 0 rings (SSSR count). The fourth-order valence-corrected chi connectivity index (χ4v) is 0.769. The minimum absolute atomic E-state index is 0.135. The molecule has 0 bridgehead atoms. The molecule has 0 unspecified atom stereocenters. The van der Waals surface area contributed by atoms with E-state index in [0.29, 0.717) is 6.42 Å². The Morgan fingerprint density at radius 3 is 2.89 bits per heavy atom. The fraction of sp³-hybridized carbons (Fsp3) is 0.800. The van der Waals surface area contributed by atoms with Crippen LogP contribution in [0.5, 0.6) is 0 Å². The van der Waals surface area contributed by atoms with Crippen LogP contribution < -0.4 is 5.14 Å². The van der Waals surface area contributed by atoms with Crippen molar-refractivity contribution in [2.75, 3.05) is 12.9 Å². The predicted molar refractivity (Wildman–Crippen MR) is 36.6 cm³/mol. The summed E-state index contributed by atoms with van der Waals surface area (Å²) < 4.78 is 4.43. The summed E-state index contributed by atoms with van der Waals surface area (Å²) in [5, 5.41) is 3.57. The molecule has 3 nitrogen and oxygen atoms in total. The molecule has 54 valence electrons. The highest BCUT2D eigenvalue weighted by Gasteiger charge is 1.98. The summed E-state index contributed by atoms with van der Waals surface area (Å²) in [6.07, 6.45) is 1.37. The highest BCUT2D eigenvalue weighted by molar-refractivity contribution is 7.92. The lowest BCUT2D eigenvalue weighted by atomic mass is 10.3. The van der Waals surface area contributed by atoms with Gasteiger partial charge in [-0.15, -0.1) is 0 Å². The van der Waals surface area contributed by atoms with Crippen molar-refractivity contribution in [3.05, 3.63) is 0 Å². The highest BCUT2D eigenvalue weighted by atomic mass is 32.2. The Bertz CT molecular complexity index is 87.0. The van der Waals surface area contributed by atoms with Crippen LogP contribution in [-0.2, 0) is 9.53 Å². The summed E-state index contributed by atoms with van der Waals surface area (Å²) in [7, 11) is 1.40. The van der Waals surface area contributed by atoms with Crippen LogP contribution in [0.1, 0.15) is 12.8 Å². The van der Waals surface area contributed by atoms with E-state index in [2.05, 4.69) is 9.88 Å². The van der Waals surface area contributed by atoms with Gasteiger partial charge in [0.2, 0.25) is 0 Å². The number of carbonyl (C=O) groups is 1. The van der Waals surface area contributed by atoms with E-state index in [1.165, 1.54) is 19.1 Å². The number of rotatable bonds is 4. The van der Waals surface area contributed by atoms with Gasteiger partial charge in [-0.25, -0.2) is 0 Å².